The quantitative estimate of drug-likeness (QED) is 0.703. The molecule has 0 spiro atoms. The molecule has 3 nitrogen and oxygen atoms in total. The molecule has 0 aliphatic rings. The van der Waals surface area contributed by atoms with Gasteiger partial charge in [-0.05, 0) is 12.1 Å². The zero-order valence-electron chi connectivity index (χ0n) is 12.0. The third-order valence-electron chi connectivity index (χ3n) is 3.20. The van der Waals surface area contributed by atoms with E-state index in [2.05, 4.69) is 15.9 Å². The number of hydrogen-bond donors (Lipinski definition) is 0. The van der Waals surface area contributed by atoms with Gasteiger partial charge in [0, 0.05) is 11.1 Å². The number of para-hydroxylation sites is 1. The third-order valence-corrected chi connectivity index (χ3v) is 4.55. The van der Waals surface area contributed by atoms with Crippen LogP contribution in [0.1, 0.15) is 16.0 Å². The van der Waals surface area contributed by atoms with Crippen molar-refractivity contribution in [2.45, 2.75) is 4.83 Å². The Kier molecular flexibility index (Phi) is 5.37. The SMILES string of the molecule is COc1ccccc1C(Br)c1ccc(OC)c(Cl)c1OC. The van der Waals surface area contributed by atoms with E-state index in [0.29, 0.717) is 16.5 Å². The fourth-order valence-electron chi connectivity index (χ4n) is 2.16. The average molecular weight is 372 g/mol. The molecule has 0 N–H and O–H groups in total. The van der Waals surface area contributed by atoms with Crippen molar-refractivity contribution < 1.29 is 14.2 Å². The molecule has 1 unspecified atom stereocenters. The summed E-state index contributed by atoms with van der Waals surface area (Å²) in [5.74, 6) is 1.97. The Morgan fingerprint density at radius 2 is 1.52 bits per heavy atom. The second kappa shape index (κ2) is 7.05. The lowest BCUT2D eigenvalue weighted by Crippen LogP contribution is -2.01. The van der Waals surface area contributed by atoms with Crippen LogP contribution in [0, 0.1) is 0 Å². The number of rotatable bonds is 5. The number of benzene rings is 2. The van der Waals surface area contributed by atoms with Crippen molar-refractivity contribution in [3.8, 4) is 17.2 Å². The third kappa shape index (κ3) is 3.11. The van der Waals surface area contributed by atoms with Crippen LogP contribution in [0.15, 0.2) is 36.4 Å². The highest BCUT2D eigenvalue weighted by atomic mass is 79.9. The highest BCUT2D eigenvalue weighted by Gasteiger charge is 2.22. The number of hydrogen-bond acceptors (Lipinski definition) is 3. The summed E-state index contributed by atoms with van der Waals surface area (Å²) in [6, 6.07) is 11.6. The first-order valence-electron chi connectivity index (χ1n) is 6.31. The molecule has 2 aromatic carbocycles. The van der Waals surface area contributed by atoms with Crippen molar-refractivity contribution in [2.75, 3.05) is 21.3 Å². The summed E-state index contributed by atoms with van der Waals surface area (Å²) in [5.41, 5.74) is 1.91. The Balaban J connectivity index is 2.53. The molecule has 0 saturated carbocycles. The molecule has 5 heteroatoms. The molecule has 2 rings (SSSR count). The average Bonchev–Trinajstić information content (AvgIpc) is 2.53. The van der Waals surface area contributed by atoms with Crippen LogP contribution in [0.2, 0.25) is 5.02 Å². The number of methoxy groups -OCH3 is 3. The molecule has 112 valence electrons. The molecule has 21 heavy (non-hydrogen) atoms. The van der Waals surface area contributed by atoms with Gasteiger partial charge in [-0.3, -0.25) is 0 Å². The van der Waals surface area contributed by atoms with Crippen LogP contribution in [0.5, 0.6) is 17.2 Å². The lowest BCUT2D eigenvalue weighted by molar-refractivity contribution is 0.391. The maximum Gasteiger partial charge on any atom is 0.145 e. The molecular formula is C16H16BrClO3. The minimum Gasteiger partial charge on any atom is -0.496 e. The lowest BCUT2D eigenvalue weighted by Gasteiger charge is -2.19. The molecule has 0 amide bonds. The summed E-state index contributed by atoms with van der Waals surface area (Å²) in [7, 11) is 4.81. The summed E-state index contributed by atoms with van der Waals surface area (Å²) in [6.07, 6.45) is 0. The van der Waals surface area contributed by atoms with Gasteiger partial charge >= 0.3 is 0 Å². The first-order valence-corrected chi connectivity index (χ1v) is 7.60. The number of halogens is 2. The fraction of sp³-hybridized carbons (Fsp3) is 0.250. The topological polar surface area (TPSA) is 27.7 Å². The monoisotopic (exact) mass is 370 g/mol. The van der Waals surface area contributed by atoms with Crippen molar-refractivity contribution in [2.24, 2.45) is 0 Å². The first kappa shape index (κ1) is 16.0. The van der Waals surface area contributed by atoms with E-state index in [1.165, 1.54) is 0 Å². The summed E-state index contributed by atoms with van der Waals surface area (Å²) >= 11 is 10.0. The molecule has 0 heterocycles. The second-order valence-electron chi connectivity index (χ2n) is 4.31. The van der Waals surface area contributed by atoms with Gasteiger partial charge in [0.25, 0.3) is 0 Å². The van der Waals surface area contributed by atoms with Crippen molar-refractivity contribution >= 4 is 27.5 Å². The van der Waals surface area contributed by atoms with Gasteiger partial charge in [-0.25, -0.2) is 0 Å². The first-order chi connectivity index (χ1) is 10.1. The zero-order valence-corrected chi connectivity index (χ0v) is 14.4. The van der Waals surface area contributed by atoms with E-state index in [0.717, 1.165) is 16.9 Å². The Bertz CT molecular complexity index is 631. The van der Waals surface area contributed by atoms with E-state index in [-0.39, 0.29) is 4.83 Å². The van der Waals surface area contributed by atoms with E-state index in [4.69, 9.17) is 25.8 Å². The van der Waals surface area contributed by atoms with Crippen molar-refractivity contribution in [1.29, 1.82) is 0 Å². The van der Waals surface area contributed by atoms with Crippen LogP contribution < -0.4 is 14.2 Å². The van der Waals surface area contributed by atoms with Crippen LogP contribution >= 0.6 is 27.5 Å². The van der Waals surface area contributed by atoms with Gasteiger partial charge < -0.3 is 14.2 Å². The van der Waals surface area contributed by atoms with E-state index in [1.54, 1.807) is 21.3 Å². The zero-order chi connectivity index (χ0) is 15.4. The fourth-order valence-corrected chi connectivity index (χ4v) is 3.23. The van der Waals surface area contributed by atoms with Crippen LogP contribution in [0.25, 0.3) is 0 Å². The highest BCUT2D eigenvalue weighted by Crippen LogP contribution is 2.45. The second-order valence-corrected chi connectivity index (χ2v) is 5.60. The van der Waals surface area contributed by atoms with Crippen LogP contribution in [-0.2, 0) is 0 Å². The van der Waals surface area contributed by atoms with Gasteiger partial charge in [-0.15, -0.1) is 0 Å². The van der Waals surface area contributed by atoms with Gasteiger partial charge in [0.15, 0.2) is 0 Å². The Morgan fingerprint density at radius 1 is 0.857 bits per heavy atom. The standard InChI is InChI=1S/C16H16BrClO3/c1-19-12-7-5-4-6-10(12)14(17)11-8-9-13(20-2)15(18)16(11)21-3/h4-9,14H,1-3H3. The van der Waals surface area contributed by atoms with Gasteiger partial charge in [0.05, 0.1) is 26.2 Å². The van der Waals surface area contributed by atoms with Crippen molar-refractivity contribution in [3.63, 3.8) is 0 Å². The molecule has 0 saturated heterocycles. The van der Waals surface area contributed by atoms with Crippen molar-refractivity contribution in [3.05, 3.63) is 52.5 Å². The van der Waals surface area contributed by atoms with E-state index >= 15 is 0 Å². The summed E-state index contributed by atoms with van der Waals surface area (Å²) in [6.45, 7) is 0. The Morgan fingerprint density at radius 3 is 2.14 bits per heavy atom. The lowest BCUT2D eigenvalue weighted by atomic mass is 10.0. The molecule has 0 radical (unpaired) electrons. The predicted molar refractivity (Wildman–Crippen MR) is 88.3 cm³/mol. The molecular weight excluding hydrogens is 356 g/mol. The minimum absolute atomic E-state index is 0.105. The Hall–Kier alpha value is -1.39. The molecule has 0 aromatic heterocycles. The van der Waals surface area contributed by atoms with E-state index in [1.807, 2.05) is 36.4 Å². The van der Waals surface area contributed by atoms with Crippen LogP contribution in [-0.4, -0.2) is 21.3 Å². The molecule has 0 aliphatic carbocycles. The molecule has 2 aromatic rings. The normalized spacial score (nSPS) is 11.9. The molecule has 0 fully saturated rings. The van der Waals surface area contributed by atoms with Crippen molar-refractivity contribution in [1.82, 2.24) is 0 Å². The number of alkyl halides is 1. The molecule has 1 atom stereocenters. The predicted octanol–water partition coefficient (Wildman–Crippen LogP) is 4.85. The molecule has 0 bridgehead atoms. The van der Waals surface area contributed by atoms with E-state index < -0.39 is 0 Å². The maximum absolute atomic E-state index is 6.32. The van der Waals surface area contributed by atoms with Gasteiger partial charge in [-0.1, -0.05) is 51.8 Å². The Labute approximate surface area is 137 Å². The minimum atomic E-state index is -0.105. The molecule has 0 aliphatic heterocycles. The summed E-state index contributed by atoms with van der Waals surface area (Å²) < 4.78 is 16.1. The largest absolute Gasteiger partial charge is 0.496 e. The summed E-state index contributed by atoms with van der Waals surface area (Å²) in [5, 5.41) is 0.455. The number of ether oxygens (including phenoxy) is 3. The van der Waals surface area contributed by atoms with Gasteiger partial charge in [0.2, 0.25) is 0 Å². The van der Waals surface area contributed by atoms with Crippen LogP contribution in [0.4, 0.5) is 0 Å². The highest BCUT2D eigenvalue weighted by molar-refractivity contribution is 9.09. The van der Waals surface area contributed by atoms with E-state index in [9.17, 15) is 0 Å². The van der Waals surface area contributed by atoms with Crippen LogP contribution in [0.3, 0.4) is 0 Å². The van der Waals surface area contributed by atoms with Gasteiger partial charge in [-0.2, -0.15) is 0 Å². The smallest absolute Gasteiger partial charge is 0.145 e. The maximum atomic E-state index is 6.32. The summed E-state index contributed by atoms with van der Waals surface area (Å²) in [4.78, 5) is -0.105. The van der Waals surface area contributed by atoms with Gasteiger partial charge in [0.1, 0.15) is 22.3 Å².